The van der Waals surface area contributed by atoms with Crippen LogP contribution in [0, 0.1) is 0 Å². The van der Waals surface area contributed by atoms with Gasteiger partial charge in [-0.2, -0.15) is 4.99 Å². The molecular formula is C16H18ClN3O5S2. The number of rotatable bonds is 4. The Balaban J connectivity index is 1.73. The molecular weight excluding hydrogens is 414 g/mol. The van der Waals surface area contributed by atoms with Crippen molar-refractivity contribution in [2.24, 2.45) is 12.0 Å². The average molecular weight is 432 g/mol. The standard InChI is InChI=1S/C16H18ClN3O5S2/c1-19-12-3-2-11(17)8-13(12)26-16(19)18-14(21)9-27(23,24)10-15(22)20-4-6-25-7-5-20/h2-3,8H,4-7,9-10H2,1H3. The number of ether oxygens (including phenoxy) is 1. The first-order valence-corrected chi connectivity index (χ1v) is 11.2. The van der Waals surface area contributed by atoms with Crippen LogP contribution in [0.2, 0.25) is 5.02 Å². The van der Waals surface area contributed by atoms with Crippen LogP contribution in [0.5, 0.6) is 0 Å². The van der Waals surface area contributed by atoms with E-state index < -0.39 is 33.2 Å². The van der Waals surface area contributed by atoms with Crippen molar-refractivity contribution < 1.29 is 22.7 Å². The quantitative estimate of drug-likeness (QED) is 0.705. The van der Waals surface area contributed by atoms with Gasteiger partial charge in [-0.3, -0.25) is 9.59 Å². The molecule has 2 amide bonds. The van der Waals surface area contributed by atoms with Crippen LogP contribution in [-0.2, 0) is 31.2 Å². The highest BCUT2D eigenvalue weighted by Crippen LogP contribution is 2.21. The SMILES string of the molecule is Cn1c(=NC(=O)CS(=O)(=O)CC(=O)N2CCOCC2)sc2cc(Cl)ccc21. The van der Waals surface area contributed by atoms with Gasteiger partial charge in [0.25, 0.3) is 5.91 Å². The first kappa shape index (κ1) is 20.0. The summed E-state index contributed by atoms with van der Waals surface area (Å²) >= 11 is 7.20. The lowest BCUT2D eigenvalue weighted by Gasteiger charge is -2.26. The van der Waals surface area contributed by atoms with Crippen LogP contribution in [0.25, 0.3) is 10.2 Å². The Morgan fingerprint density at radius 3 is 2.67 bits per heavy atom. The number of hydrogen-bond donors (Lipinski definition) is 0. The first-order valence-electron chi connectivity index (χ1n) is 8.14. The summed E-state index contributed by atoms with van der Waals surface area (Å²) in [6.45, 7) is 1.47. The Kier molecular flexibility index (Phi) is 5.99. The number of morpholine rings is 1. The largest absolute Gasteiger partial charge is 0.378 e. The number of thiazole rings is 1. The van der Waals surface area contributed by atoms with E-state index in [1.807, 2.05) is 0 Å². The van der Waals surface area contributed by atoms with Gasteiger partial charge in [0, 0.05) is 25.2 Å². The van der Waals surface area contributed by atoms with E-state index in [0.717, 1.165) is 10.2 Å². The van der Waals surface area contributed by atoms with Gasteiger partial charge in [0.05, 0.1) is 23.4 Å². The molecule has 146 valence electrons. The van der Waals surface area contributed by atoms with E-state index in [2.05, 4.69) is 4.99 Å². The summed E-state index contributed by atoms with van der Waals surface area (Å²) in [7, 11) is -2.17. The van der Waals surface area contributed by atoms with Gasteiger partial charge in [-0.1, -0.05) is 22.9 Å². The minimum Gasteiger partial charge on any atom is -0.378 e. The Bertz CT molecular complexity index is 1050. The molecule has 1 aliphatic rings. The normalized spacial score (nSPS) is 16.1. The zero-order valence-corrected chi connectivity index (χ0v) is 16.9. The van der Waals surface area contributed by atoms with Crippen molar-refractivity contribution in [3.8, 4) is 0 Å². The number of amides is 2. The molecule has 11 heteroatoms. The molecule has 0 bridgehead atoms. The Hall–Kier alpha value is -1.75. The van der Waals surface area contributed by atoms with Crippen molar-refractivity contribution in [3.63, 3.8) is 0 Å². The van der Waals surface area contributed by atoms with Gasteiger partial charge in [0.2, 0.25) is 5.91 Å². The molecule has 1 fully saturated rings. The molecule has 0 saturated carbocycles. The Morgan fingerprint density at radius 2 is 1.96 bits per heavy atom. The smallest absolute Gasteiger partial charge is 0.263 e. The number of hydrogen-bond acceptors (Lipinski definition) is 6. The number of sulfone groups is 1. The molecule has 27 heavy (non-hydrogen) atoms. The van der Waals surface area contributed by atoms with E-state index in [1.165, 1.54) is 16.2 Å². The number of aryl methyl sites for hydroxylation is 1. The highest BCUT2D eigenvalue weighted by Gasteiger charge is 2.25. The number of nitrogens with zero attached hydrogens (tertiary/aromatic N) is 3. The van der Waals surface area contributed by atoms with Crippen molar-refractivity contribution in [1.82, 2.24) is 9.47 Å². The molecule has 8 nitrogen and oxygen atoms in total. The molecule has 1 aromatic heterocycles. The molecule has 2 aromatic rings. The van der Waals surface area contributed by atoms with Crippen LogP contribution in [0.15, 0.2) is 23.2 Å². The van der Waals surface area contributed by atoms with Gasteiger partial charge in [0.1, 0.15) is 11.5 Å². The summed E-state index contributed by atoms with van der Waals surface area (Å²) in [5.41, 5.74) is 0.835. The topological polar surface area (TPSA) is 98.0 Å². The van der Waals surface area contributed by atoms with Gasteiger partial charge in [-0.15, -0.1) is 0 Å². The summed E-state index contributed by atoms with van der Waals surface area (Å²) in [6.07, 6.45) is 0. The van der Waals surface area contributed by atoms with Crippen molar-refractivity contribution in [2.75, 3.05) is 37.8 Å². The fourth-order valence-corrected chi connectivity index (χ4v) is 5.10. The summed E-state index contributed by atoms with van der Waals surface area (Å²) in [4.78, 5) is 30.0. The molecule has 1 saturated heterocycles. The highest BCUT2D eigenvalue weighted by atomic mass is 35.5. The van der Waals surface area contributed by atoms with E-state index in [-0.39, 0.29) is 0 Å². The summed E-state index contributed by atoms with van der Waals surface area (Å²) < 4.78 is 32.1. The molecule has 1 aliphatic heterocycles. The number of halogens is 1. The highest BCUT2D eigenvalue weighted by molar-refractivity contribution is 7.92. The second kappa shape index (κ2) is 8.09. The van der Waals surface area contributed by atoms with E-state index in [1.54, 1.807) is 29.8 Å². The molecule has 0 N–H and O–H groups in total. The van der Waals surface area contributed by atoms with Crippen LogP contribution >= 0.6 is 22.9 Å². The lowest BCUT2D eigenvalue weighted by molar-refractivity contribution is -0.132. The zero-order chi connectivity index (χ0) is 19.6. The minimum absolute atomic E-state index is 0.354. The maximum absolute atomic E-state index is 12.2. The predicted octanol–water partition coefficient (Wildman–Crippen LogP) is 0.594. The van der Waals surface area contributed by atoms with Crippen LogP contribution in [0.3, 0.4) is 0 Å². The Morgan fingerprint density at radius 1 is 1.26 bits per heavy atom. The van der Waals surface area contributed by atoms with Crippen molar-refractivity contribution in [1.29, 1.82) is 0 Å². The monoisotopic (exact) mass is 431 g/mol. The third-order valence-corrected chi connectivity index (χ3v) is 6.75. The molecule has 0 unspecified atom stereocenters. The predicted molar refractivity (Wildman–Crippen MR) is 102 cm³/mol. The molecule has 1 aromatic carbocycles. The van der Waals surface area contributed by atoms with Gasteiger partial charge >= 0.3 is 0 Å². The molecule has 0 atom stereocenters. The maximum atomic E-state index is 12.2. The first-order chi connectivity index (χ1) is 12.7. The van der Waals surface area contributed by atoms with Crippen LogP contribution in [0.4, 0.5) is 0 Å². The minimum atomic E-state index is -3.90. The third kappa shape index (κ3) is 4.95. The number of carbonyl (C=O) groups is 2. The third-order valence-electron chi connectivity index (χ3n) is 4.04. The van der Waals surface area contributed by atoms with Crippen molar-refractivity contribution >= 4 is 54.8 Å². The second-order valence-corrected chi connectivity index (χ2v) is 9.60. The summed E-state index contributed by atoms with van der Waals surface area (Å²) in [5, 5.41) is 0.562. The zero-order valence-electron chi connectivity index (χ0n) is 14.6. The lowest BCUT2D eigenvalue weighted by Crippen LogP contribution is -2.43. The van der Waals surface area contributed by atoms with Crippen molar-refractivity contribution in [2.45, 2.75) is 0 Å². The fraction of sp³-hybridized carbons (Fsp3) is 0.438. The lowest BCUT2D eigenvalue weighted by atomic mass is 10.3. The fourth-order valence-electron chi connectivity index (χ4n) is 2.68. The maximum Gasteiger partial charge on any atom is 0.263 e. The molecule has 3 rings (SSSR count). The number of aromatic nitrogens is 1. The van der Waals surface area contributed by atoms with Gasteiger partial charge in [0.15, 0.2) is 14.6 Å². The number of benzene rings is 1. The molecule has 0 aliphatic carbocycles. The van der Waals surface area contributed by atoms with E-state index in [0.29, 0.717) is 36.1 Å². The Labute approximate surface area is 164 Å². The van der Waals surface area contributed by atoms with Crippen LogP contribution in [-0.4, -0.2) is 67.5 Å². The molecule has 0 radical (unpaired) electrons. The van der Waals surface area contributed by atoms with Crippen molar-refractivity contribution in [3.05, 3.63) is 28.0 Å². The molecule has 2 heterocycles. The summed E-state index contributed by atoms with van der Waals surface area (Å²) in [6, 6.07) is 5.28. The number of carbonyl (C=O) groups excluding carboxylic acids is 2. The van der Waals surface area contributed by atoms with Gasteiger partial charge in [-0.05, 0) is 18.2 Å². The molecule has 0 spiro atoms. The van der Waals surface area contributed by atoms with Crippen LogP contribution < -0.4 is 4.80 Å². The van der Waals surface area contributed by atoms with E-state index in [9.17, 15) is 18.0 Å². The second-order valence-electron chi connectivity index (χ2n) is 6.09. The van der Waals surface area contributed by atoms with E-state index in [4.69, 9.17) is 16.3 Å². The summed E-state index contributed by atoms with van der Waals surface area (Å²) in [5.74, 6) is -2.84. The number of fused-ring (bicyclic) bond motifs is 1. The van der Waals surface area contributed by atoms with E-state index >= 15 is 0 Å². The van der Waals surface area contributed by atoms with Crippen LogP contribution in [0.1, 0.15) is 0 Å². The van der Waals surface area contributed by atoms with Gasteiger partial charge < -0.3 is 14.2 Å². The van der Waals surface area contributed by atoms with Gasteiger partial charge in [-0.25, -0.2) is 8.42 Å². The average Bonchev–Trinajstić information content (AvgIpc) is 2.89.